The van der Waals surface area contributed by atoms with Crippen molar-refractivity contribution in [3.8, 4) is 5.75 Å². The van der Waals surface area contributed by atoms with Crippen LogP contribution in [0.4, 0.5) is 20.5 Å². The Labute approximate surface area is 187 Å². The zero-order valence-corrected chi connectivity index (χ0v) is 18.5. The molecule has 0 bridgehead atoms. The van der Waals surface area contributed by atoms with Crippen LogP contribution in [0.1, 0.15) is 10.7 Å². The molecule has 31 heavy (non-hydrogen) atoms. The SMILES string of the molecule is CN(Cc1nsc(NC(=O)NCc2ccc(Cl)s2)n1)C(=O)Oc1cnn(C)c1[N+](=O)[O-]. The topological polar surface area (TPSA) is 157 Å². The number of urea groups is 1. The van der Waals surface area contributed by atoms with Gasteiger partial charge in [-0.15, -0.1) is 16.0 Å². The summed E-state index contributed by atoms with van der Waals surface area (Å²) in [5.41, 5.74) is 0. The van der Waals surface area contributed by atoms with Crippen molar-refractivity contribution in [1.82, 2.24) is 29.4 Å². The quantitative estimate of drug-likeness (QED) is 0.381. The fourth-order valence-corrected chi connectivity index (χ4v) is 3.87. The van der Waals surface area contributed by atoms with Crippen molar-refractivity contribution in [3.63, 3.8) is 0 Å². The highest BCUT2D eigenvalue weighted by molar-refractivity contribution is 7.16. The Morgan fingerprint density at radius 1 is 1.42 bits per heavy atom. The Hall–Kier alpha value is -3.30. The number of hydrogen-bond acceptors (Lipinski definition) is 10. The Morgan fingerprint density at radius 2 is 2.19 bits per heavy atom. The van der Waals surface area contributed by atoms with Gasteiger partial charge in [-0.05, 0) is 17.1 Å². The van der Waals surface area contributed by atoms with Crippen LogP contribution in [0.25, 0.3) is 0 Å². The van der Waals surface area contributed by atoms with Crippen LogP contribution in [0.5, 0.6) is 5.75 Å². The van der Waals surface area contributed by atoms with E-state index in [4.69, 9.17) is 16.3 Å². The van der Waals surface area contributed by atoms with Gasteiger partial charge in [-0.1, -0.05) is 16.7 Å². The number of nitro groups is 1. The molecule has 0 aromatic carbocycles. The lowest BCUT2D eigenvalue weighted by Crippen LogP contribution is -2.30. The van der Waals surface area contributed by atoms with Gasteiger partial charge < -0.3 is 25.1 Å². The van der Waals surface area contributed by atoms with Crippen LogP contribution in [0.3, 0.4) is 0 Å². The number of rotatable bonds is 7. The molecule has 3 amide bonds. The van der Waals surface area contributed by atoms with Crippen molar-refractivity contribution < 1.29 is 19.2 Å². The number of carbonyl (C=O) groups is 2. The van der Waals surface area contributed by atoms with Crippen LogP contribution in [-0.2, 0) is 20.1 Å². The van der Waals surface area contributed by atoms with Crippen LogP contribution in [0, 0.1) is 10.1 Å². The van der Waals surface area contributed by atoms with E-state index < -0.39 is 22.9 Å². The number of hydrogen-bond donors (Lipinski definition) is 2. The molecule has 3 aromatic rings. The first-order valence-electron chi connectivity index (χ1n) is 8.44. The van der Waals surface area contributed by atoms with Gasteiger partial charge in [0.25, 0.3) is 0 Å². The lowest BCUT2D eigenvalue weighted by Gasteiger charge is -2.13. The summed E-state index contributed by atoms with van der Waals surface area (Å²) in [6, 6.07) is 3.08. The van der Waals surface area contributed by atoms with Crippen molar-refractivity contribution in [2.75, 3.05) is 12.4 Å². The average Bonchev–Trinajstić information content (AvgIpc) is 3.41. The Balaban J connectivity index is 1.51. The Kier molecular flexibility index (Phi) is 6.98. The van der Waals surface area contributed by atoms with E-state index in [2.05, 4.69) is 25.1 Å². The van der Waals surface area contributed by atoms with Gasteiger partial charge in [0, 0.05) is 23.5 Å². The molecular weight excluding hydrogens is 472 g/mol. The van der Waals surface area contributed by atoms with Gasteiger partial charge in [-0.3, -0.25) is 5.32 Å². The van der Waals surface area contributed by atoms with Gasteiger partial charge in [-0.2, -0.15) is 4.37 Å². The maximum Gasteiger partial charge on any atom is 0.415 e. The summed E-state index contributed by atoms with van der Waals surface area (Å²) in [5.74, 6) is -0.469. The third-order valence-corrected chi connectivity index (χ3v) is 5.58. The molecule has 0 saturated heterocycles. The first-order valence-corrected chi connectivity index (χ1v) is 10.4. The molecule has 0 aliphatic carbocycles. The molecule has 164 valence electrons. The van der Waals surface area contributed by atoms with Crippen molar-refractivity contribution in [3.05, 3.63) is 43.5 Å². The average molecular weight is 487 g/mol. The monoisotopic (exact) mass is 486 g/mol. The molecule has 0 spiro atoms. The minimum absolute atomic E-state index is 0.0413. The van der Waals surface area contributed by atoms with Gasteiger partial charge in [0.05, 0.1) is 17.4 Å². The third kappa shape index (κ3) is 5.87. The normalized spacial score (nSPS) is 10.5. The molecule has 0 aliphatic rings. The van der Waals surface area contributed by atoms with E-state index in [0.29, 0.717) is 10.9 Å². The highest BCUT2D eigenvalue weighted by Crippen LogP contribution is 2.26. The minimum Gasteiger partial charge on any atom is -0.399 e. The molecule has 0 fully saturated rings. The maximum atomic E-state index is 12.2. The fraction of sp³-hybridized carbons (Fsp3) is 0.267. The second-order valence-corrected chi connectivity index (χ2v) is 8.52. The molecule has 0 radical (unpaired) electrons. The summed E-state index contributed by atoms with van der Waals surface area (Å²) in [7, 11) is 2.77. The lowest BCUT2D eigenvalue weighted by atomic mass is 10.5. The first-order chi connectivity index (χ1) is 14.7. The molecule has 2 N–H and O–H groups in total. The van der Waals surface area contributed by atoms with Crippen molar-refractivity contribution in [1.29, 1.82) is 0 Å². The number of halogens is 1. The largest absolute Gasteiger partial charge is 0.415 e. The predicted molar refractivity (Wildman–Crippen MR) is 112 cm³/mol. The molecule has 3 aromatic heterocycles. The minimum atomic E-state index is -0.854. The second kappa shape index (κ2) is 9.67. The van der Waals surface area contributed by atoms with Crippen LogP contribution in [0.15, 0.2) is 18.3 Å². The number of nitrogens with one attached hydrogen (secondary N) is 2. The van der Waals surface area contributed by atoms with Crippen molar-refractivity contribution in [2.45, 2.75) is 13.1 Å². The number of anilines is 1. The van der Waals surface area contributed by atoms with E-state index in [1.807, 2.05) is 6.07 Å². The third-order valence-electron chi connectivity index (χ3n) is 3.68. The molecule has 3 rings (SSSR count). The molecule has 3 heterocycles. The summed E-state index contributed by atoms with van der Waals surface area (Å²) in [5, 5.41) is 20.2. The number of carbonyl (C=O) groups excluding carboxylic acids is 2. The number of amides is 3. The van der Waals surface area contributed by atoms with E-state index in [0.717, 1.165) is 32.2 Å². The van der Waals surface area contributed by atoms with Gasteiger partial charge in [0.2, 0.25) is 10.9 Å². The summed E-state index contributed by atoms with van der Waals surface area (Å²) >= 11 is 8.14. The van der Waals surface area contributed by atoms with E-state index in [1.165, 1.54) is 25.4 Å². The summed E-state index contributed by atoms with van der Waals surface area (Å²) in [6.07, 6.45) is 0.225. The number of aromatic nitrogens is 4. The van der Waals surface area contributed by atoms with Crippen molar-refractivity contribution >= 4 is 57.5 Å². The smallest absolute Gasteiger partial charge is 0.399 e. The predicted octanol–water partition coefficient (Wildman–Crippen LogP) is 2.85. The lowest BCUT2D eigenvalue weighted by molar-refractivity contribution is -0.393. The van der Waals surface area contributed by atoms with Gasteiger partial charge >= 0.3 is 17.9 Å². The second-order valence-electron chi connectivity index (χ2n) is 5.97. The number of aryl methyl sites for hydroxylation is 1. The molecule has 0 unspecified atom stereocenters. The summed E-state index contributed by atoms with van der Waals surface area (Å²) in [4.78, 5) is 40.7. The van der Waals surface area contributed by atoms with E-state index in [-0.39, 0.29) is 23.3 Å². The Bertz CT molecular complexity index is 1110. The number of thiophene rings is 1. The van der Waals surface area contributed by atoms with Gasteiger partial charge in [-0.25, -0.2) is 14.6 Å². The highest BCUT2D eigenvalue weighted by Gasteiger charge is 2.25. The zero-order valence-electron chi connectivity index (χ0n) is 16.1. The van der Waals surface area contributed by atoms with E-state index in [9.17, 15) is 19.7 Å². The van der Waals surface area contributed by atoms with Gasteiger partial charge in [0.15, 0.2) is 5.82 Å². The first kappa shape index (κ1) is 22.4. The fourth-order valence-electron chi connectivity index (χ4n) is 2.26. The summed E-state index contributed by atoms with van der Waals surface area (Å²) < 4.78 is 10.7. The number of ether oxygens (including phenoxy) is 1. The Morgan fingerprint density at radius 3 is 2.87 bits per heavy atom. The molecule has 0 saturated carbocycles. The van der Waals surface area contributed by atoms with Gasteiger partial charge in [0.1, 0.15) is 13.2 Å². The highest BCUT2D eigenvalue weighted by atomic mass is 35.5. The molecule has 0 atom stereocenters. The summed E-state index contributed by atoms with van der Waals surface area (Å²) in [6.45, 7) is 0.268. The van der Waals surface area contributed by atoms with Crippen molar-refractivity contribution in [2.24, 2.45) is 7.05 Å². The van der Waals surface area contributed by atoms with Crippen LogP contribution in [-0.4, -0.2) is 48.1 Å². The maximum absolute atomic E-state index is 12.2. The van der Waals surface area contributed by atoms with E-state index in [1.54, 1.807) is 6.07 Å². The standard InChI is InChI=1S/C15H15ClN8O5S2/c1-22(15(26)29-9-6-18-23(2)12(9)24(27)28)7-11-19-14(31-21-11)20-13(25)17-5-8-3-4-10(16)30-8/h3-4,6H,5,7H2,1-2H3,(H2,17,19,20,21,25). The molecular formula is C15H15ClN8O5S2. The van der Waals surface area contributed by atoms with Crippen LogP contribution in [0.2, 0.25) is 4.34 Å². The molecule has 13 nitrogen and oxygen atoms in total. The number of nitrogens with zero attached hydrogens (tertiary/aromatic N) is 6. The zero-order chi connectivity index (χ0) is 22.5. The molecule has 0 aliphatic heterocycles. The van der Waals surface area contributed by atoms with Crippen LogP contribution < -0.4 is 15.4 Å². The van der Waals surface area contributed by atoms with E-state index >= 15 is 0 Å². The van der Waals surface area contributed by atoms with Crippen LogP contribution >= 0.6 is 34.5 Å². The molecule has 16 heteroatoms.